The van der Waals surface area contributed by atoms with E-state index in [0.717, 1.165) is 5.69 Å². The summed E-state index contributed by atoms with van der Waals surface area (Å²) in [6, 6.07) is 9.50. The highest BCUT2D eigenvalue weighted by Gasteiger charge is 2.13. The lowest BCUT2D eigenvalue weighted by Gasteiger charge is -2.01. The number of rotatable bonds is 5. The van der Waals surface area contributed by atoms with Gasteiger partial charge in [0.05, 0.1) is 30.3 Å². The molecule has 0 bridgehead atoms. The van der Waals surface area contributed by atoms with Gasteiger partial charge in [-0.1, -0.05) is 35.0 Å². The molecule has 0 radical (unpaired) electrons. The van der Waals surface area contributed by atoms with Crippen molar-refractivity contribution in [2.24, 2.45) is 5.16 Å². The molecule has 0 atom stereocenters. The molecule has 2 aromatic rings. The van der Waals surface area contributed by atoms with E-state index in [-0.39, 0.29) is 6.61 Å². The van der Waals surface area contributed by atoms with E-state index in [1.807, 2.05) is 37.3 Å². The number of aromatic nitrogens is 2. The van der Waals surface area contributed by atoms with Crippen LogP contribution in [0.2, 0.25) is 5.15 Å². The summed E-state index contributed by atoms with van der Waals surface area (Å²) in [7, 11) is 1.28. The molecule has 0 fully saturated rings. The molecular weight excluding hydrogens is 294 g/mol. The molecule has 1 aromatic carbocycles. The molecule has 0 aliphatic rings. The molecule has 0 N–H and O–H groups in total. The largest absolute Gasteiger partial charge is 0.466 e. The second-order valence-electron chi connectivity index (χ2n) is 4.12. The lowest BCUT2D eigenvalue weighted by atomic mass is 10.3. The molecule has 1 heterocycles. The van der Waals surface area contributed by atoms with Crippen LogP contribution in [0.5, 0.6) is 0 Å². The number of oxime groups is 1. The minimum absolute atomic E-state index is 0.253. The maximum absolute atomic E-state index is 10.9. The number of carbonyl (C=O) groups excluding carboxylic acids is 1. The van der Waals surface area contributed by atoms with Crippen molar-refractivity contribution in [3.05, 3.63) is 46.7 Å². The third kappa shape index (κ3) is 3.61. The van der Waals surface area contributed by atoms with E-state index in [1.165, 1.54) is 13.3 Å². The third-order valence-electron chi connectivity index (χ3n) is 2.72. The molecule has 7 heteroatoms. The molecule has 110 valence electrons. The van der Waals surface area contributed by atoms with Crippen LogP contribution in [-0.4, -0.2) is 35.7 Å². The summed E-state index contributed by atoms with van der Waals surface area (Å²) in [5.41, 5.74) is 2.18. The zero-order valence-corrected chi connectivity index (χ0v) is 12.4. The Morgan fingerprint density at radius 3 is 2.81 bits per heavy atom. The Labute approximate surface area is 126 Å². The number of benzene rings is 1. The van der Waals surface area contributed by atoms with Crippen LogP contribution >= 0.6 is 11.6 Å². The maximum atomic E-state index is 10.9. The summed E-state index contributed by atoms with van der Waals surface area (Å²) < 4.78 is 6.04. The molecule has 0 spiro atoms. The predicted octanol–water partition coefficient (Wildman–Crippen LogP) is 2.36. The molecule has 2 rings (SSSR count). The zero-order chi connectivity index (χ0) is 15.2. The molecule has 0 aliphatic carbocycles. The van der Waals surface area contributed by atoms with Crippen LogP contribution in [0.15, 0.2) is 35.5 Å². The van der Waals surface area contributed by atoms with Crippen molar-refractivity contribution >= 4 is 23.8 Å². The Bertz CT molecular complexity index is 653. The quantitative estimate of drug-likeness (QED) is 0.483. The van der Waals surface area contributed by atoms with Crippen LogP contribution in [-0.2, 0) is 14.4 Å². The maximum Gasteiger partial charge on any atom is 0.346 e. The lowest BCUT2D eigenvalue weighted by molar-refractivity contribution is -0.145. The van der Waals surface area contributed by atoms with Crippen molar-refractivity contribution in [3.63, 3.8) is 0 Å². The molecule has 0 amide bonds. The first-order valence-electron chi connectivity index (χ1n) is 6.16. The summed E-state index contributed by atoms with van der Waals surface area (Å²) >= 11 is 6.29. The van der Waals surface area contributed by atoms with E-state index < -0.39 is 5.97 Å². The van der Waals surface area contributed by atoms with Crippen LogP contribution in [0.3, 0.4) is 0 Å². The molecule has 0 aliphatic heterocycles. The van der Waals surface area contributed by atoms with Gasteiger partial charge in [-0.3, -0.25) is 0 Å². The Morgan fingerprint density at radius 1 is 1.43 bits per heavy atom. The fourth-order valence-electron chi connectivity index (χ4n) is 1.64. The van der Waals surface area contributed by atoms with Crippen LogP contribution in [0.1, 0.15) is 11.3 Å². The number of hydrogen-bond donors (Lipinski definition) is 0. The molecular formula is C14H14ClN3O3. The van der Waals surface area contributed by atoms with E-state index in [0.29, 0.717) is 16.4 Å². The number of hydrogen-bond acceptors (Lipinski definition) is 5. The fourth-order valence-corrected chi connectivity index (χ4v) is 1.96. The summed E-state index contributed by atoms with van der Waals surface area (Å²) in [5, 5.41) is 8.47. The van der Waals surface area contributed by atoms with Crippen LogP contribution in [0.25, 0.3) is 5.69 Å². The fraction of sp³-hybridized carbons (Fsp3) is 0.214. The summed E-state index contributed by atoms with van der Waals surface area (Å²) in [5.74, 6) is -0.505. The standard InChI is InChI=1S/C14H14ClN3O3/c1-10-12(8-16-21-9-13(19)20-2)14(15)18(17-10)11-6-4-3-5-7-11/h3-8H,9H2,1-2H3/b16-8+. The number of nitrogens with zero attached hydrogens (tertiary/aromatic N) is 3. The number of esters is 1. The van der Waals surface area contributed by atoms with Gasteiger partial charge in [0.2, 0.25) is 6.61 Å². The normalized spacial score (nSPS) is 10.8. The van der Waals surface area contributed by atoms with Gasteiger partial charge in [-0.15, -0.1) is 0 Å². The summed E-state index contributed by atoms with van der Waals surface area (Å²) in [4.78, 5) is 15.7. The SMILES string of the molecule is COC(=O)CO/N=C/c1c(C)nn(-c2ccccc2)c1Cl. The van der Waals surface area contributed by atoms with Gasteiger partial charge in [-0.25, -0.2) is 9.48 Å². The third-order valence-corrected chi connectivity index (χ3v) is 3.08. The molecule has 21 heavy (non-hydrogen) atoms. The average Bonchev–Trinajstić information content (AvgIpc) is 2.79. The first kappa shape index (κ1) is 15.1. The predicted molar refractivity (Wildman–Crippen MR) is 78.9 cm³/mol. The number of aryl methyl sites for hydroxylation is 1. The summed E-state index contributed by atoms with van der Waals surface area (Å²) in [6.07, 6.45) is 1.42. The van der Waals surface area contributed by atoms with Crippen molar-refractivity contribution < 1.29 is 14.4 Å². The lowest BCUT2D eigenvalue weighted by Crippen LogP contribution is -2.07. The zero-order valence-electron chi connectivity index (χ0n) is 11.6. The number of methoxy groups -OCH3 is 1. The van der Waals surface area contributed by atoms with Gasteiger partial charge in [0.25, 0.3) is 0 Å². The van der Waals surface area contributed by atoms with Gasteiger partial charge in [0.1, 0.15) is 5.15 Å². The molecule has 6 nitrogen and oxygen atoms in total. The number of para-hydroxylation sites is 1. The average molecular weight is 308 g/mol. The van der Waals surface area contributed by atoms with Crippen molar-refractivity contribution in [2.45, 2.75) is 6.92 Å². The van der Waals surface area contributed by atoms with E-state index in [2.05, 4.69) is 15.0 Å². The van der Waals surface area contributed by atoms with Gasteiger partial charge < -0.3 is 9.57 Å². The van der Waals surface area contributed by atoms with Gasteiger partial charge in [-0.05, 0) is 19.1 Å². The van der Waals surface area contributed by atoms with Crippen molar-refractivity contribution in [1.82, 2.24) is 9.78 Å². The first-order valence-corrected chi connectivity index (χ1v) is 6.54. The Kier molecular flexibility index (Phi) is 4.94. The highest BCUT2D eigenvalue weighted by Crippen LogP contribution is 2.21. The smallest absolute Gasteiger partial charge is 0.346 e. The first-order chi connectivity index (χ1) is 10.1. The minimum atomic E-state index is -0.505. The van der Waals surface area contributed by atoms with Gasteiger partial charge in [0, 0.05) is 0 Å². The Morgan fingerprint density at radius 2 is 2.14 bits per heavy atom. The second kappa shape index (κ2) is 6.90. The Balaban J connectivity index is 2.16. The highest BCUT2D eigenvalue weighted by atomic mass is 35.5. The van der Waals surface area contributed by atoms with E-state index >= 15 is 0 Å². The van der Waals surface area contributed by atoms with E-state index in [4.69, 9.17) is 16.4 Å². The van der Waals surface area contributed by atoms with E-state index in [9.17, 15) is 4.79 Å². The number of halogens is 1. The monoisotopic (exact) mass is 307 g/mol. The topological polar surface area (TPSA) is 65.7 Å². The molecule has 0 saturated heterocycles. The van der Waals surface area contributed by atoms with Crippen LogP contribution in [0.4, 0.5) is 0 Å². The molecule has 0 unspecified atom stereocenters. The van der Waals surface area contributed by atoms with E-state index in [1.54, 1.807) is 4.68 Å². The van der Waals surface area contributed by atoms with Gasteiger partial charge >= 0.3 is 5.97 Å². The number of carbonyl (C=O) groups is 1. The summed E-state index contributed by atoms with van der Waals surface area (Å²) in [6.45, 7) is 1.56. The van der Waals surface area contributed by atoms with Crippen molar-refractivity contribution in [3.8, 4) is 5.69 Å². The Hall–Kier alpha value is -2.34. The van der Waals surface area contributed by atoms with Crippen molar-refractivity contribution in [2.75, 3.05) is 13.7 Å². The van der Waals surface area contributed by atoms with Gasteiger partial charge in [0.15, 0.2) is 0 Å². The number of ether oxygens (including phenoxy) is 1. The molecule has 1 aromatic heterocycles. The van der Waals surface area contributed by atoms with Crippen LogP contribution in [0, 0.1) is 6.92 Å². The minimum Gasteiger partial charge on any atom is -0.466 e. The van der Waals surface area contributed by atoms with Gasteiger partial charge in [-0.2, -0.15) is 5.10 Å². The molecule has 0 saturated carbocycles. The van der Waals surface area contributed by atoms with Crippen LogP contribution < -0.4 is 0 Å². The van der Waals surface area contributed by atoms with Crippen molar-refractivity contribution in [1.29, 1.82) is 0 Å². The second-order valence-corrected chi connectivity index (χ2v) is 4.48. The highest BCUT2D eigenvalue weighted by molar-refractivity contribution is 6.32.